The number of hydrogen-bond acceptors (Lipinski definition) is 3. The Balaban J connectivity index is 3.00. The summed E-state index contributed by atoms with van der Waals surface area (Å²) in [7, 11) is 1.95. The summed E-state index contributed by atoms with van der Waals surface area (Å²) in [5.41, 5.74) is 5.80. The summed E-state index contributed by atoms with van der Waals surface area (Å²) in [5, 5.41) is 4.48. The smallest absolute Gasteiger partial charge is 0.156 e. The lowest BCUT2D eigenvalue weighted by Gasteiger charge is -2.13. The van der Waals surface area contributed by atoms with Crippen LogP contribution in [0.25, 0.3) is 0 Å². The Morgan fingerprint density at radius 3 is 2.38 bits per heavy atom. The zero-order valence-electron chi connectivity index (χ0n) is 11.1. The standard InChI is InChI=1S/C12H24N4/c1-6-7-9(8-13)10-14-11(12(2,3)4)15-16(10)5/h9H,6-8,13H2,1-5H3. The molecule has 0 bridgehead atoms. The molecule has 0 saturated heterocycles. The average molecular weight is 224 g/mol. The van der Waals surface area contributed by atoms with Crippen molar-refractivity contribution in [1.82, 2.24) is 14.8 Å². The summed E-state index contributed by atoms with van der Waals surface area (Å²) in [5.74, 6) is 2.26. The molecule has 0 radical (unpaired) electrons. The number of nitrogens with two attached hydrogens (primary N) is 1. The fraction of sp³-hybridized carbons (Fsp3) is 0.833. The van der Waals surface area contributed by atoms with Crippen LogP contribution in [-0.4, -0.2) is 21.3 Å². The molecule has 92 valence electrons. The Morgan fingerprint density at radius 2 is 2.00 bits per heavy atom. The monoisotopic (exact) mass is 224 g/mol. The fourth-order valence-electron chi connectivity index (χ4n) is 1.77. The zero-order chi connectivity index (χ0) is 12.3. The van der Waals surface area contributed by atoms with Gasteiger partial charge in [0.1, 0.15) is 5.82 Å². The topological polar surface area (TPSA) is 56.7 Å². The highest BCUT2D eigenvalue weighted by atomic mass is 15.3. The van der Waals surface area contributed by atoms with Crippen LogP contribution >= 0.6 is 0 Å². The lowest BCUT2D eigenvalue weighted by molar-refractivity contribution is 0.537. The molecule has 0 amide bonds. The van der Waals surface area contributed by atoms with Crippen molar-refractivity contribution in [2.75, 3.05) is 6.54 Å². The van der Waals surface area contributed by atoms with Gasteiger partial charge < -0.3 is 5.73 Å². The van der Waals surface area contributed by atoms with Crippen LogP contribution in [0.4, 0.5) is 0 Å². The molecule has 1 heterocycles. The molecule has 16 heavy (non-hydrogen) atoms. The van der Waals surface area contributed by atoms with Crippen LogP contribution in [0.15, 0.2) is 0 Å². The molecule has 1 unspecified atom stereocenters. The minimum atomic E-state index is 0.00136. The zero-order valence-corrected chi connectivity index (χ0v) is 11.1. The largest absolute Gasteiger partial charge is 0.330 e. The van der Waals surface area contributed by atoms with Gasteiger partial charge in [-0.05, 0) is 6.42 Å². The van der Waals surface area contributed by atoms with Gasteiger partial charge in [-0.3, -0.25) is 4.68 Å². The summed E-state index contributed by atoms with van der Waals surface area (Å²) in [4.78, 5) is 4.64. The number of hydrogen-bond donors (Lipinski definition) is 1. The van der Waals surface area contributed by atoms with Crippen LogP contribution in [0.3, 0.4) is 0 Å². The van der Waals surface area contributed by atoms with Gasteiger partial charge in [0.25, 0.3) is 0 Å². The first-order valence-electron chi connectivity index (χ1n) is 6.01. The molecule has 0 aliphatic rings. The first-order chi connectivity index (χ1) is 7.40. The fourth-order valence-corrected chi connectivity index (χ4v) is 1.77. The SMILES string of the molecule is CCCC(CN)c1nc(C(C)(C)C)nn1C. The van der Waals surface area contributed by atoms with Crippen LogP contribution in [0.2, 0.25) is 0 Å². The highest BCUT2D eigenvalue weighted by Gasteiger charge is 2.23. The Kier molecular flexibility index (Phi) is 4.08. The van der Waals surface area contributed by atoms with Crippen molar-refractivity contribution in [3.63, 3.8) is 0 Å². The van der Waals surface area contributed by atoms with Gasteiger partial charge in [0.15, 0.2) is 5.82 Å². The van der Waals surface area contributed by atoms with E-state index in [2.05, 4.69) is 37.8 Å². The summed E-state index contributed by atoms with van der Waals surface area (Å²) >= 11 is 0. The van der Waals surface area contributed by atoms with Crippen molar-refractivity contribution in [2.24, 2.45) is 12.8 Å². The molecule has 1 rings (SSSR count). The van der Waals surface area contributed by atoms with E-state index in [0.29, 0.717) is 12.5 Å². The predicted octanol–water partition coefficient (Wildman–Crippen LogP) is 1.95. The van der Waals surface area contributed by atoms with E-state index in [4.69, 9.17) is 5.73 Å². The summed E-state index contributed by atoms with van der Waals surface area (Å²) < 4.78 is 1.88. The molecule has 4 heteroatoms. The van der Waals surface area contributed by atoms with Crippen LogP contribution in [0.1, 0.15) is 58.1 Å². The second-order valence-corrected chi connectivity index (χ2v) is 5.39. The molecule has 1 aromatic rings. The van der Waals surface area contributed by atoms with E-state index in [-0.39, 0.29) is 5.41 Å². The third-order valence-electron chi connectivity index (χ3n) is 2.75. The van der Waals surface area contributed by atoms with Gasteiger partial charge in [-0.15, -0.1) is 0 Å². The Hall–Kier alpha value is -0.900. The van der Waals surface area contributed by atoms with Crippen LogP contribution in [0, 0.1) is 0 Å². The minimum Gasteiger partial charge on any atom is -0.330 e. The molecule has 1 aromatic heterocycles. The number of nitrogens with zero attached hydrogens (tertiary/aromatic N) is 3. The third kappa shape index (κ3) is 2.82. The van der Waals surface area contributed by atoms with Gasteiger partial charge >= 0.3 is 0 Å². The Bertz CT molecular complexity index is 335. The highest BCUT2D eigenvalue weighted by molar-refractivity contribution is 5.07. The number of aryl methyl sites for hydroxylation is 1. The minimum absolute atomic E-state index is 0.00136. The molecule has 0 aromatic carbocycles. The van der Waals surface area contributed by atoms with Crippen LogP contribution in [0.5, 0.6) is 0 Å². The van der Waals surface area contributed by atoms with Crippen molar-refractivity contribution >= 4 is 0 Å². The van der Waals surface area contributed by atoms with Crippen molar-refractivity contribution in [2.45, 2.75) is 51.9 Å². The lowest BCUT2D eigenvalue weighted by atomic mass is 9.96. The second-order valence-electron chi connectivity index (χ2n) is 5.39. The van der Waals surface area contributed by atoms with Gasteiger partial charge in [0.05, 0.1) is 0 Å². The first kappa shape index (κ1) is 13.2. The van der Waals surface area contributed by atoms with E-state index < -0.39 is 0 Å². The van der Waals surface area contributed by atoms with Gasteiger partial charge in [0.2, 0.25) is 0 Å². The summed E-state index contributed by atoms with van der Waals surface area (Å²) in [6.45, 7) is 9.20. The Morgan fingerprint density at radius 1 is 1.38 bits per heavy atom. The van der Waals surface area contributed by atoms with Crippen LogP contribution < -0.4 is 5.73 Å². The number of aromatic nitrogens is 3. The lowest BCUT2D eigenvalue weighted by Crippen LogP contribution is -2.17. The molecule has 0 aliphatic carbocycles. The van der Waals surface area contributed by atoms with E-state index in [1.54, 1.807) is 0 Å². The maximum atomic E-state index is 5.80. The van der Waals surface area contributed by atoms with Crippen LogP contribution in [-0.2, 0) is 12.5 Å². The average Bonchev–Trinajstić information content (AvgIpc) is 2.56. The van der Waals surface area contributed by atoms with Crippen molar-refractivity contribution < 1.29 is 0 Å². The molecular weight excluding hydrogens is 200 g/mol. The predicted molar refractivity (Wildman–Crippen MR) is 66.4 cm³/mol. The second kappa shape index (κ2) is 4.95. The summed E-state index contributed by atoms with van der Waals surface area (Å²) in [6, 6.07) is 0. The van der Waals surface area contributed by atoms with E-state index in [1.165, 1.54) is 0 Å². The molecule has 0 spiro atoms. The van der Waals surface area contributed by atoms with Crippen molar-refractivity contribution in [3.05, 3.63) is 11.6 Å². The third-order valence-corrected chi connectivity index (χ3v) is 2.75. The van der Waals surface area contributed by atoms with E-state index >= 15 is 0 Å². The maximum absolute atomic E-state index is 5.80. The number of rotatable bonds is 4. The van der Waals surface area contributed by atoms with Gasteiger partial charge in [0, 0.05) is 24.9 Å². The van der Waals surface area contributed by atoms with Gasteiger partial charge in [-0.1, -0.05) is 34.1 Å². The molecular formula is C12H24N4. The molecule has 0 aliphatic heterocycles. The molecule has 2 N–H and O–H groups in total. The van der Waals surface area contributed by atoms with E-state index in [0.717, 1.165) is 24.5 Å². The molecule has 0 saturated carbocycles. The molecule has 1 atom stereocenters. The molecule has 4 nitrogen and oxygen atoms in total. The van der Waals surface area contributed by atoms with E-state index in [9.17, 15) is 0 Å². The summed E-state index contributed by atoms with van der Waals surface area (Å²) in [6.07, 6.45) is 2.20. The quantitative estimate of drug-likeness (QED) is 0.850. The maximum Gasteiger partial charge on any atom is 0.156 e. The Labute approximate surface area is 98.2 Å². The normalized spacial score (nSPS) is 14.1. The first-order valence-corrected chi connectivity index (χ1v) is 6.01. The molecule has 0 fully saturated rings. The van der Waals surface area contributed by atoms with Gasteiger partial charge in [-0.25, -0.2) is 4.98 Å². The van der Waals surface area contributed by atoms with Crippen molar-refractivity contribution in [1.29, 1.82) is 0 Å². The van der Waals surface area contributed by atoms with Crippen molar-refractivity contribution in [3.8, 4) is 0 Å². The van der Waals surface area contributed by atoms with E-state index in [1.807, 2.05) is 11.7 Å². The highest BCUT2D eigenvalue weighted by Crippen LogP contribution is 2.23. The van der Waals surface area contributed by atoms with Gasteiger partial charge in [-0.2, -0.15) is 5.10 Å².